The number of carbonyl (C=O) groups is 1. The fraction of sp³-hybridized carbons (Fsp3) is 0.667. The van der Waals surface area contributed by atoms with Gasteiger partial charge in [0, 0.05) is 35.8 Å². The molecule has 1 saturated heterocycles. The van der Waals surface area contributed by atoms with Crippen LogP contribution in [0.3, 0.4) is 0 Å². The van der Waals surface area contributed by atoms with Crippen molar-refractivity contribution in [3.05, 3.63) is 33.5 Å². The van der Waals surface area contributed by atoms with Crippen LogP contribution in [-0.4, -0.2) is 45.2 Å². The van der Waals surface area contributed by atoms with Crippen molar-refractivity contribution in [1.82, 2.24) is 25.0 Å². The van der Waals surface area contributed by atoms with Crippen LogP contribution in [0.2, 0.25) is 0 Å². The van der Waals surface area contributed by atoms with E-state index in [0.717, 1.165) is 45.0 Å². The molecule has 7 heteroatoms. The zero-order valence-electron chi connectivity index (χ0n) is 16.6. The van der Waals surface area contributed by atoms with Gasteiger partial charge in [-0.05, 0) is 75.6 Å². The number of likely N-dealkylation sites (tertiary alicyclic amines) is 1. The number of carbonyl (C=O) groups excluding carboxylic acids is 1. The van der Waals surface area contributed by atoms with Gasteiger partial charge in [-0.3, -0.25) is 9.69 Å². The Hall–Kier alpha value is -1.73. The van der Waals surface area contributed by atoms with Gasteiger partial charge in [0.25, 0.3) is 5.91 Å². The summed E-state index contributed by atoms with van der Waals surface area (Å²) in [4.78, 5) is 18.0. The zero-order chi connectivity index (χ0) is 19.1. The quantitative estimate of drug-likeness (QED) is 0.839. The summed E-state index contributed by atoms with van der Waals surface area (Å²) in [5.74, 6) is 2.13. The molecule has 5 rings (SSSR count). The first kappa shape index (κ1) is 18.3. The molecule has 2 aromatic rings. The van der Waals surface area contributed by atoms with Crippen molar-refractivity contribution in [2.75, 3.05) is 19.6 Å². The summed E-state index contributed by atoms with van der Waals surface area (Å²) in [7, 11) is 0. The monoisotopic (exact) mass is 399 g/mol. The smallest absolute Gasteiger partial charge is 0.289 e. The number of piperidine rings is 1. The highest BCUT2D eigenvalue weighted by molar-refractivity contribution is 7.11. The number of aryl methyl sites for hydroxylation is 2. The van der Waals surface area contributed by atoms with Crippen LogP contribution in [0, 0.1) is 18.3 Å². The summed E-state index contributed by atoms with van der Waals surface area (Å²) in [6, 6.07) is 4.48. The second-order valence-electron chi connectivity index (χ2n) is 8.97. The number of hydrogen-bond acceptors (Lipinski definition) is 5. The van der Waals surface area contributed by atoms with E-state index in [4.69, 9.17) is 0 Å². The average Bonchev–Trinajstić information content (AvgIpc) is 3.30. The number of thiophene rings is 1. The maximum Gasteiger partial charge on any atom is 0.289 e. The van der Waals surface area contributed by atoms with Gasteiger partial charge in [0.1, 0.15) is 5.82 Å². The van der Waals surface area contributed by atoms with E-state index in [-0.39, 0.29) is 5.91 Å². The summed E-state index contributed by atoms with van der Waals surface area (Å²) in [5.41, 5.74) is 0.294. The largest absolute Gasteiger partial charge is 0.349 e. The fourth-order valence-electron chi connectivity index (χ4n) is 4.67. The minimum atomic E-state index is -0.0480. The molecule has 1 spiro atoms. The third-order valence-electron chi connectivity index (χ3n) is 6.74. The molecule has 2 aromatic heterocycles. The number of amides is 1. The molecule has 150 valence electrons. The lowest BCUT2D eigenvalue weighted by Gasteiger charge is -2.44. The Balaban J connectivity index is 1.23. The molecule has 1 N–H and O–H groups in total. The molecular formula is C21H29N5OS. The van der Waals surface area contributed by atoms with Crippen LogP contribution in [0.1, 0.15) is 58.3 Å². The fourth-order valence-corrected chi connectivity index (χ4v) is 5.60. The minimum absolute atomic E-state index is 0.0480. The van der Waals surface area contributed by atoms with Gasteiger partial charge in [-0.25, -0.2) is 0 Å². The van der Waals surface area contributed by atoms with Gasteiger partial charge < -0.3 is 9.88 Å². The van der Waals surface area contributed by atoms with Crippen LogP contribution in [-0.2, 0) is 19.5 Å². The molecule has 6 nitrogen and oxygen atoms in total. The molecule has 2 aliphatic heterocycles. The van der Waals surface area contributed by atoms with Crippen molar-refractivity contribution in [2.24, 2.45) is 11.3 Å². The molecule has 28 heavy (non-hydrogen) atoms. The lowest BCUT2D eigenvalue weighted by Crippen LogP contribution is -2.44. The Morgan fingerprint density at radius 3 is 2.79 bits per heavy atom. The molecule has 1 saturated carbocycles. The van der Waals surface area contributed by atoms with E-state index in [1.165, 1.54) is 41.9 Å². The van der Waals surface area contributed by atoms with Crippen molar-refractivity contribution in [1.29, 1.82) is 0 Å². The van der Waals surface area contributed by atoms with E-state index in [0.29, 0.717) is 17.2 Å². The molecule has 0 unspecified atom stereocenters. The highest BCUT2D eigenvalue weighted by Crippen LogP contribution is 2.41. The second-order valence-corrected chi connectivity index (χ2v) is 10.3. The average molecular weight is 400 g/mol. The maximum atomic E-state index is 12.6. The molecule has 3 aliphatic rings. The highest BCUT2D eigenvalue weighted by Gasteiger charge is 2.40. The van der Waals surface area contributed by atoms with Crippen LogP contribution in [0.25, 0.3) is 0 Å². The van der Waals surface area contributed by atoms with E-state index in [1.54, 1.807) is 0 Å². The van der Waals surface area contributed by atoms with Crippen LogP contribution in [0.15, 0.2) is 12.1 Å². The standard InChI is InChI=1S/C21H29N5OS/c1-15-2-5-17(28-15)13-25-10-8-21(9-11-25)7-6-18-23-24-19(26(18)14-21)20(27)22-12-16-3-4-16/h2,5,16H,3-4,6-14H2,1H3,(H,22,27). The third-order valence-corrected chi connectivity index (χ3v) is 7.73. The Morgan fingerprint density at radius 1 is 1.25 bits per heavy atom. The van der Waals surface area contributed by atoms with Gasteiger partial charge in [-0.2, -0.15) is 0 Å². The molecule has 1 aliphatic carbocycles. The van der Waals surface area contributed by atoms with E-state index in [9.17, 15) is 4.79 Å². The molecule has 0 radical (unpaired) electrons. The van der Waals surface area contributed by atoms with Crippen molar-refractivity contribution in [3.63, 3.8) is 0 Å². The number of fused-ring (bicyclic) bond motifs is 1. The zero-order valence-corrected chi connectivity index (χ0v) is 17.4. The Bertz CT molecular complexity index is 860. The normalized spacial score (nSPS) is 21.6. The Labute approximate surface area is 170 Å². The lowest BCUT2D eigenvalue weighted by atomic mass is 9.73. The third kappa shape index (κ3) is 3.74. The molecular weight excluding hydrogens is 370 g/mol. The number of nitrogens with one attached hydrogen (secondary N) is 1. The predicted molar refractivity (Wildman–Crippen MR) is 109 cm³/mol. The minimum Gasteiger partial charge on any atom is -0.349 e. The van der Waals surface area contributed by atoms with Gasteiger partial charge in [-0.15, -0.1) is 21.5 Å². The van der Waals surface area contributed by atoms with Crippen LogP contribution < -0.4 is 5.32 Å². The molecule has 0 aromatic carbocycles. The van der Waals surface area contributed by atoms with Crippen molar-refractivity contribution >= 4 is 17.2 Å². The summed E-state index contributed by atoms with van der Waals surface area (Å²) in [6.45, 7) is 7.20. The first-order chi connectivity index (χ1) is 13.6. The van der Waals surface area contributed by atoms with Crippen molar-refractivity contribution in [3.8, 4) is 0 Å². The molecule has 4 heterocycles. The first-order valence-electron chi connectivity index (χ1n) is 10.6. The number of aromatic nitrogens is 3. The number of rotatable bonds is 5. The Morgan fingerprint density at radius 2 is 2.07 bits per heavy atom. The molecule has 0 bridgehead atoms. The molecule has 2 fully saturated rings. The van der Waals surface area contributed by atoms with E-state index < -0.39 is 0 Å². The van der Waals surface area contributed by atoms with Gasteiger partial charge >= 0.3 is 0 Å². The predicted octanol–water partition coefficient (Wildman–Crippen LogP) is 3.02. The van der Waals surface area contributed by atoms with Crippen LogP contribution in [0.5, 0.6) is 0 Å². The number of hydrogen-bond donors (Lipinski definition) is 1. The SMILES string of the molecule is Cc1ccc(CN2CCC3(CCc4nnc(C(=O)NCC5CC5)n4C3)CC2)s1. The molecule has 1 amide bonds. The summed E-state index contributed by atoms with van der Waals surface area (Å²) in [6.07, 6.45) is 6.97. The summed E-state index contributed by atoms with van der Waals surface area (Å²) in [5, 5.41) is 11.6. The van der Waals surface area contributed by atoms with E-state index in [1.807, 2.05) is 11.3 Å². The molecule has 0 atom stereocenters. The van der Waals surface area contributed by atoms with E-state index in [2.05, 4.69) is 44.0 Å². The van der Waals surface area contributed by atoms with Gasteiger partial charge in [0.15, 0.2) is 0 Å². The second kappa shape index (κ2) is 7.26. The summed E-state index contributed by atoms with van der Waals surface area (Å²) < 4.78 is 2.12. The topological polar surface area (TPSA) is 63.1 Å². The van der Waals surface area contributed by atoms with Gasteiger partial charge in [0.2, 0.25) is 5.82 Å². The van der Waals surface area contributed by atoms with E-state index >= 15 is 0 Å². The van der Waals surface area contributed by atoms with Crippen LogP contribution in [0.4, 0.5) is 0 Å². The van der Waals surface area contributed by atoms with Gasteiger partial charge in [0.05, 0.1) is 0 Å². The Kier molecular flexibility index (Phi) is 4.75. The van der Waals surface area contributed by atoms with Crippen LogP contribution >= 0.6 is 11.3 Å². The summed E-state index contributed by atoms with van der Waals surface area (Å²) >= 11 is 1.91. The highest BCUT2D eigenvalue weighted by atomic mass is 32.1. The lowest BCUT2D eigenvalue weighted by molar-refractivity contribution is 0.0622. The van der Waals surface area contributed by atoms with Gasteiger partial charge in [-0.1, -0.05) is 0 Å². The first-order valence-corrected chi connectivity index (χ1v) is 11.4. The number of nitrogens with zero attached hydrogens (tertiary/aromatic N) is 4. The maximum absolute atomic E-state index is 12.6. The van der Waals surface area contributed by atoms with Crippen molar-refractivity contribution < 1.29 is 4.79 Å². The van der Waals surface area contributed by atoms with Crippen molar-refractivity contribution in [2.45, 2.75) is 58.5 Å².